The fourth-order valence-corrected chi connectivity index (χ4v) is 5.64. The molecule has 3 N–H and O–H groups in total. The molecule has 3 aromatic carbocycles. The molecule has 7 nitrogen and oxygen atoms in total. The van der Waals surface area contributed by atoms with Crippen LogP contribution in [0.1, 0.15) is 22.6 Å². The number of carbonyl (C=O) groups excluding carboxylic acids is 1. The second-order valence-electron chi connectivity index (χ2n) is 8.52. The van der Waals surface area contributed by atoms with Gasteiger partial charge in [0.25, 0.3) is 0 Å². The van der Waals surface area contributed by atoms with Gasteiger partial charge >= 0.3 is 12.1 Å². The minimum atomic E-state index is -1.13. The first kappa shape index (κ1) is 23.7. The second-order valence-corrected chi connectivity index (χ2v) is 9.55. The summed E-state index contributed by atoms with van der Waals surface area (Å²) in [5, 5.41) is 22.9. The largest absolute Gasteiger partial charge is 0.506 e. The molecule has 1 atom stereocenters. The fraction of sp³-hybridized carbons (Fsp3) is 0.179. The number of aromatic hydroxyl groups is 1. The zero-order valence-corrected chi connectivity index (χ0v) is 20.1. The number of fused-ring (bicyclic) bond motifs is 4. The van der Waals surface area contributed by atoms with Gasteiger partial charge in [-0.2, -0.15) is 11.8 Å². The average Bonchev–Trinajstić information content (AvgIpc) is 3.22. The quantitative estimate of drug-likeness (QED) is 0.306. The molecule has 0 radical (unpaired) electrons. The number of nitrogens with zero attached hydrogens (tertiary/aromatic N) is 1. The van der Waals surface area contributed by atoms with E-state index in [0.29, 0.717) is 11.3 Å². The van der Waals surface area contributed by atoms with Gasteiger partial charge in [0.1, 0.15) is 23.9 Å². The molecule has 1 aliphatic rings. The Bertz CT molecular complexity index is 1400. The van der Waals surface area contributed by atoms with Crippen molar-refractivity contribution < 1.29 is 24.5 Å². The number of carbonyl (C=O) groups is 2. The molecule has 0 saturated carbocycles. The number of rotatable bonds is 8. The summed E-state index contributed by atoms with van der Waals surface area (Å²) in [4.78, 5) is 28.5. The molecule has 5 rings (SSSR count). The highest BCUT2D eigenvalue weighted by molar-refractivity contribution is 7.98. The highest BCUT2D eigenvalue weighted by Gasteiger charge is 2.29. The number of alkyl carbamates (subject to hydrolysis) is 1. The predicted octanol–water partition coefficient (Wildman–Crippen LogP) is 5.17. The molecular formula is C28H24N2O5S. The second kappa shape index (κ2) is 10.3. The lowest BCUT2D eigenvalue weighted by Crippen LogP contribution is -2.43. The van der Waals surface area contributed by atoms with Crippen molar-refractivity contribution in [3.8, 4) is 16.9 Å². The summed E-state index contributed by atoms with van der Waals surface area (Å²) in [5.74, 6) is -0.481. The number of ether oxygens (including phenoxy) is 1. The normalized spacial score (nSPS) is 13.1. The Morgan fingerprint density at radius 3 is 2.36 bits per heavy atom. The number of carboxylic acid groups (broad SMARTS) is 1. The van der Waals surface area contributed by atoms with Gasteiger partial charge in [-0.3, -0.25) is 4.98 Å². The van der Waals surface area contributed by atoms with Crippen LogP contribution in [0.25, 0.3) is 22.0 Å². The SMILES string of the molecule is O=C(NC(CSCc1ccc(O)c2ncccc12)C(=O)O)OCC1c2ccccc2-c2ccccc21. The lowest BCUT2D eigenvalue weighted by atomic mass is 9.98. The maximum Gasteiger partial charge on any atom is 0.407 e. The van der Waals surface area contributed by atoms with Gasteiger partial charge in [-0.05, 0) is 39.9 Å². The highest BCUT2D eigenvalue weighted by atomic mass is 32.2. The third-order valence-corrected chi connectivity index (χ3v) is 7.40. The number of phenolic OH excluding ortho intramolecular Hbond substituents is 1. The van der Waals surface area contributed by atoms with E-state index in [2.05, 4.69) is 22.4 Å². The van der Waals surface area contributed by atoms with Crippen molar-refractivity contribution >= 4 is 34.7 Å². The molecule has 0 fully saturated rings. The first-order chi connectivity index (χ1) is 17.5. The summed E-state index contributed by atoms with van der Waals surface area (Å²) in [6.45, 7) is 0.117. The van der Waals surface area contributed by atoms with E-state index in [1.54, 1.807) is 24.4 Å². The fourth-order valence-electron chi connectivity index (χ4n) is 4.59. The van der Waals surface area contributed by atoms with Crippen molar-refractivity contribution in [3.05, 3.63) is 95.7 Å². The van der Waals surface area contributed by atoms with Crippen molar-refractivity contribution in [2.75, 3.05) is 12.4 Å². The maximum atomic E-state index is 12.5. The number of benzene rings is 3. The van der Waals surface area contributed by atoms with Gasteiger partial charge in [0.15, 0.2) is 0 Å². The van der Waals surface area contributed by atoms with Crippen LogP contribution in [0.5, 0.6) is 5.75 Å². The third kappa shape index (κ3) is 4.72. The van der Waals surface area contributed by atoms with Crippen LogP contribution in [-0.2, 0) is 15.3 Å². The van der Waals surface area contributed by atoms with Crippen LogP contribution in [0, 0.1) is 0 Å². The van der Waals surface area contributed by atoms with Crippen LogP contribution in [0.2, 0.25) is 0 Å². The molecule has 36 heavy (non-hydrogen) atoms. The van der Waals surface area contributed by atoms with Gasteiger partial charge in [-0.25, -0.2) is 9.59 Å². The summed E-state index contributed by atoms with van der Waals surface area (Å²) in [6.07, 6.45) is 0.849. The van der Waals surface area contributed by atoms with Gasteiger partial charge in [0, 0.05) is 29.0 Å². The van der Waals surface area contributed by atoms with E-state index in [4.69, 9.17) is 4.74 Å². The van der Waals surface area contributed by atoms with Crippen LogP contribution in [0.4, 0.5) is 4.79 Å². The van der Waals surface area contributed by atoms with E-state index in [1.807, 2.05) is 42.5 Å². The molecular weight excluding hydrogens is 476 g/mol. The molecule has 1 aliphatic carbocycles. The third-order valence-electron chi connectivity index (χ3n) is 6.31. The van der Waals surface area contributed by atoms with Crippen molar-refractivity contribution in [1.82, 2.24) is 10.3 Å². The zero-order chi connectivity index (χ0) is 25.1. The van der Waals surface area contributed by atoms with Gasteiger partial charge in [0.05, 0.1) is 0 Å². The summed E-state index contributed by atoms with van der Waals surface area (Å²) in [5.41, 5.74) is 5.85. The molecule has 1 aromatic heterocycles. The average molecular weight is 501 g/mol. The Morgan fingerprint density at radius 1 is 0.972 bits per heavy atom. The van der Waals surface area contributed by atoms with Gasteiger partial charge in [0.2, 0.25) is 0 Å². The number of hydrogen-bond acceptors (Lipinski definition) is 6. The van der Waals surface area contributed by atoms with E-state index in [9.17, 15) is 19.8 Å². The van der Waals surface area contributed by atoms with Gasteiger partial charge in [-0.1, -0.05) is 60.7 Å². The summed E-state index contributed by atoms with van der Waals surface area (Å²) in [7, 11) is 0. The monoisotopic (exact) mass is 500 g/mol. The molecule has 0 bridgehead atoms. The summed E-state index contributed by atoms with van der Waals surface area (Å²) < 4.78 is 5.50. The zero-order valence-electron chi connectivity index (χ0n) is 19.3. The standard InChI is InChI=1S/C28H24N2O5S/c31-25-12-11-17(18-10-5-13-29-26(18)25)15-36-16-24(27(32)33)30-28(34)35-14-23-21-8-3-1-6-19(21)20-7-2-4-9-22(20)23/h1-13,23-24,31H,14-16H2,(H,30,34)(H,32,33). The van der Waals surface area contributed by atoms with E-state index in [-0.39, 0.29) is 24.0 Å². The Kier molecular flexibility index (Phi) is 6.77. The van der Waals surface area contributed by atoms with Crippen molar-refractivity contribution in [3.63, 3.8) is 0 Å². The van der Waals surface area contributed by atoms with Crippen LogP contribution >= 0.6 is 11.8 Å². The van der Waals surface area contributed by atoms with E-state index >= 15 is 0 Å². The van der Waals surface area contributed by atoms with E-state index < -0.39 is 18.1 Å². The molecule has 4 aromatic rings. The number of hydrogen-bond donors (Lipinski definition) is 3. The lowest BCUT2D eigenvalue weighted by molar-refractivity contribution is -0.138. The van der Waals surface area contributed by atoms with Crippen LogP contribution < -0.4 is 5.32 Å². The predicted molar refractivity (Wildman–Crippen MR) is 139 cm³/mol. The number of nitrogens with one attached hydrogen (secondary N) is 1. The number of pyridine rings is 1. The number of amides is 1. The summed E-state index contributed by atoms with van der Waals surface area (Å²) >= 11 is 1.37. The Labute approximate surface area is 212 Å². The lowest BCUT2D eigenvalue weighted by Gasteiger charge is -2.17. The molecule has 182 valence electrons. The van der Waals surface area contributed by atoms with Crippen molar-refractivity contribution in [2.24, 2.45) is 0 Å². The van der Waals surface area contributed by atoms with Crippen molar-refractivity contribution in [1.29, 1.82) is 0 Å². The van der Waals surface area contributed by atoms with E-state index in [0.717, 1.165) is 33.2 Å². The van der Waals surface area contributed by atoms with Crippen LogP contribution in [0.3, 0.4) is 0 Å². The molecule has 1 amide bonds. The van der Waals surface area contributed by atoms with E-state index in [1.165, 1.54) is 11.8 Å². The Morgan fingerprint density at radius 2 is 1.67 bits per heavy atom. The topological polar surface area (TPSA) is 109 Å². The molecule has 0 spiro atoms. The number of aromatic nitrogens is 1. The van der Waals surface area contributed by atoms with Crippen LogP contribution in [-0.4, -0.2) is 45.7 Å². The Balaban J connectivity index is 1.19. The highest BCUT2D eigenvalue weighted by Crippen LogP contribution is 2.44. The number of phenols is 1. The molecule has 1 unspecified atom stereocenters. The number of aliphatic carboxylic acids is 1. The first-order valence-electron chi connectivity index (χ1n) is 11.5. The molecule has 0 saturated heterocycles. The number of carboxylic acids is 1. The minimum absolute atomic E-state index is 0.0969. The Hall–Kier alpha value is -4.04. The molecule has 8 heteroatoms. The van der Waals surface area contributed by atoms with Gasteiger partial charge < -0.3 is 20.3 Å². The first-order valence-corrected chi connectivity index (χ1v) is 12.7. The van der Waals surface area contributed by atoms with Gasteiger partial charge in [-0.15, -0.1) is 0 Å². The maximum absolute atomic E-state index is 12.5. The smallest absolute Gasteiger partial charge is 0.407 e. The summed E-state index contributed by atoms with van der Waals surface area (Å²) in [6, 6.07) is 22.0. The molecule has 0 aliphatic heterocycles. The number of thioether (sulfide) groups is 1. The molecule has 1 heterocycles. The van der Waals surface area contributed by atoms with Crippen molar-refractivity contribution in [2.45, 2.75) is 17.7 Å². The minimum Gasteiger partial charge on any atom is -0.506 e. The van der Waals surface area contributed by atoms with Crippen LogP contribution in [0.15, 0.2) is 79.0 Å².